The topological polar surface area (TPSA) is 55.2 Å². The molecule has 0 saturated heterocycles. The summed E-state index contributed by atoms with van der Waals surface area (Å²) in [5.74, 6) is 1.14. The third-order valence-electron chi connectivity index (χ3n) is 4.23. The van der Waals surface area contributed by atoms with E-state index in [1.165, 1.54) is 5.56 Å². The van der Waals surface area contributed by atoms with E-state index in [1.807, 2.05) is 25.1 Å². The van der Waals surface area contributed by atoms with Gasteiger partial charge in [-0.3, -0.25) is 0 Å². The van der Waals surface area contributed by atoms with E-state index in [9.17, 15) is 5.11 Å². The monoisotopic (exact) mass is 348 g/mol. The maximum Gasteiger partial charge on any atom is 0.197 e. The standard InChI is InChI=1S/C22H24N2O2/c1-3-9-17-12-8-13-19(16-10-6-5-7-11-16)21(17)22-23-14-18(15-24-22)26-20(25)4-2/h5-8,10-15,20,25H,3-4,9H2,1-2H3/t20-/m0/s1. The molecule has 0 amide bonds. The average molecular weight is 348 g/mol. The minimum absolute atomic E-state index is 0.470. The molecular weight excluding hydrogens is 324 g/mol. The number of aliphatic hydroxyl groups is 1. The highest BCUT2D eigenvalue weighted by Crippen LogP contribution is 2.34. The first-order valence-electron chi connectivity index (χ1n) is 9.07. The summed E-state index contributed by atoms with van der Waals surface area (Å²) >= 11 is 0. The molecule has 1 atom stereocenters. The van der Waals surface area contributed by atoms with Crippen molar-refractivity contribution in [3.63, 3.8) is 0 Å². The molecule has 3 aromatic rings. The number of aryl methyl sites for hydroxylation is 1. The molecule has 0 radical (unpaired) electrons. The Morgan fingerprint density at radius 3 is 2.35 bits per heavy atom. The predicted molar refractivity (Wildman–Crippen MR) is 104 cm³/mol. The van der Waals surface area contributed by atoms with Crippen LogP contribution in [0.3, 0.4) is 0 Å². The van der Waals surface area contributed by atoms with Gasteiger partial charge in [0.1, 0.15) is 0 Å². The van der Waals surface area contributed by atoms with Crippen molar-refractivity contribution in [2.45, 2.75) is 39.4 Å². The Labute approximate surface area is 154 Å². The summed E-state index contributed by atoms with van der Waals surface area (Å²) in [6.07, 6.45) is 4.94. The summed E-state index contributed by atoms with van der Waals surface area (Å²) in [6, 6.07) is 16.6. The zero-order valence-corrected chi connectivity index (χ0v) is 15.2. The predicted octanol–water partition coefficient (Wildman–Crippen LogP) is 4.87. The van der Waals surface area contributed by atoms with Crippen molar-refractivity contribution >= 4 is 0 Å². The molecule has 0 fully saturated rings. The molecule has 0 saturated carbocycles. The number of hydrogen-bond donors (Lipinski definition) is 1. The fourth-order valence-electron chi connectivity index (χ4n) is 2.95. The number of aromatic nitrogens is 2. The molecule has 26 heavy (non-hydrogen) atoms. The second-order valence-electron chi connectivity index (χ2n) is 6.18. The molecule has 0 unspecified atom stereocenters. The number of hydrogen-bond acceptors (Lipinski definition) is 4. The Morgan fingerprint density at radius 1 is 0.962 bits per heavy atom. The number of ether oxygens (including phenoxy) is 1. The van der Waals surface area contributed by atoms with E-state index in [1.54, 1.807) is 12.4 Å². The molecule has 0 aliphatic rings. The molecule has 0 aliphatic heterocycles. The molecule has 0 aliphatic carbocycles. The second kappa shape index (κ2) is 8.59. The molecule has 3 rings (SSSR count). The van der Waals surface area contributed by atoms with Gasteiger partial charge in [-0.1, -0.05) is 68.8 Å². The van der Waals surface area contributed by atoms with Gasteiger partial charge in [0.2, 0.25) is 0 Å². The van der Waals surface area contributed by atoms with E-state index in [0.29, 0.717) is 18.0 Å². The van der Waals surface area contributed by atoms with Crippen LogP contribution in [0.2, 0.25) is 0 Å². The van der Waals surface area contributed by atoms with Crippen molar-refractivity contribution in [2.75, 3.05) is 0 Å². The van der Waals surface area contributed by atoms with Crippen LogP contribution < -0.4 is 4.74 Å². The van der Waals surface area contributed by atoms with Gasteiger partial charge >= 0.3 is 0 Å². The Kier molecular flexibility index (Phi) is 5.97. The summed E-state index contributed by atoms with van der Waals surface area (Å²) in [6.45, 7) is 4.02. The highest BCUT2D eigenvalue weighted by atomic mass is 16.6. The molecule has 134 valence electrons. The van der Waals surface area contributed by atoms with Gasteiger partial charge in [0.05, 0.1) is 12.4 Å². The molecule has 1 N–H and O–H groups in total. The van der Waals surface area contributed by atoms with Crippen LogP contribution in [0.1, 0.15) is 32.3 Å². The smallest absolute Gasteiger partial charge is 0.197 e. The van der Waals surface area contributed by atoms with Crippen molar-refractivity contribution in [1.82, 2.24) is 9.97 Å². The maximum absolute atomic E-state index is 9.63. The molecule has 1 heterocycles. The van der Waals surface area contributed by atoms with Crippen LogP contribution in [0.5, 0.6) is 5.75 Å². The largest absolute Gasteiger partial charge is 0.462 e. The van der Waals surface area contributed by atoms with E-state index in [2.05, 4.69) is 47.2 Å². The van der Waals surface area contributed by atoms with Crippen molar-refractivity contribution in [2.24, 2.45) is 0 Å². The van der Waals surface area contributed by atoms with Crippen molar-refractivity contribution in [1.29, 1.82) is 0 Å². The van der Waals surface area contributed by atoms with Gasteiger partial charge in [0.25, 0.3) is 0 Å². The zero-order chi connectivity index (χ0) is 18.4. The normalized spacial score (nSPS) is 12.0. The second-order valence-corrected chi connectivity index (χ2v) is 6.18. The van der Waals surface area contributed by atoms with Gasteiger partial charge in [0.15, 0.2) is 17.9 Å². The summed E-state index contributed by atoms with van der Waals surface area (Å²) < 4.78 is 5.38. The fraction of sp³-hybridized carbons (Fsp3) is 0.273. The number of rotatable bonds is 7. The first kappa shape index (κ1) is 18.1. The van der Waals surface area contributed by atoms with Crippen LogP contribution in [-0.2, 0) is 6.42 Å². The van der Waals surface area contributed by atoms with Crippen LogP contribution >= 0.6 is 0 Å². The van der Waals surface area contributed by atoms with Crippen molar-refractivity contribution in [3.8, 4) is 28.3 Å². The van der Waals surface area contributed by atoms with E-state index < -0.39 is 6.29 Å². The summed E-state index contributed by atoms with van der Waals surface area (Å²) in [7, 11) is 0. The molecule has 4 heteroatoms. The number of nitrogens with zero attached hydrogens (tertiary/aromatic N) is 2. The van der Waals surface area contributed by atoms with E-state index in [-0.39, 0.29) is 0 Å². The summed E-state index contributed by atoms with van der Waals surface area (Å²) in [5.41, 5.74) is 4.56. The quantitative estimate of drug-likeness (QED) is 0.619. The Morgan fingerprint density at radius 2 is 1.69 bits per heavy atom. The summed E-state index contributed by atoms with van der Waals surface area (Å²) in [4.78, 5) is 9.04. The first-order chi connectivity index (χ1) is 12.7. The van der Waals surface area contributed by atoms with Gasteiger partial charge in [-0.15, -0.1) is 0 Å². The van der Waals surface area contributed by atoms with Gasteiger partial charge in [-0.25, -0.2) is 9.97 Å². The summed E-state index contributed by atoms with van der Waals surface area (Å²) in [5, 5.41) is 9.63. The molecule has 4 nitrogen and oxygen atoms in total. The van der Waals surface area contributed by atoms with E-state index in [4.69, 9.17) is 4.74 Å². The lowest BCUT2D eigenvalue weighted by atomic mass is 9.93. The number of aliphatic hydroxyl groups excluding tert-OH is 1. The SMILES string of the molecule is CCCc1cccc(-c2ccccc2)c1-c1ncc(O[C@H](O)CC)cn1. The van der Waals surface area contributed by atoms with Crippen molar-refractivity contribution < 1.29 is 9.84 Å². The lowest BCUT2D eigenvalue weighted by Gasteiger charge is -2.15. The van der Waals surface area contributed by atoms with Crippen LogP contribution in [0.4, 0.5) is 0 Å². The van der Waals surface area contributed by atoms with E-state index in [0.717, 1.165) is 29.5 Å². The van der Waals surface area contributed by atoms with Crippen LogP contribution in [0.15, 0.2) is 60.9 Å². The average Bonchev–Trinajstić information content (AvgIpc) is 2.69. The van der Waals surface area contributed by atoms with Gasteiger partial charge in [0, 0.05) is 12.0 Å². The minimum Gasteiger partial charge on any atom is -0.462 e. The van der Waals surface area contributed by atoms with Crippen LogP contribution in [0, 0.1) is 0 Å². The van der Waals surface area contributed by atoms with Gasteiger partial charge < -0.3 is 9.84 Å². The molecular formula is C22H24N2O2. The first-order valence-corrected chi connectivity index (χ1v) is 9.07. The Bertz CT molecular complexity index is 833. The highest BCUT2D eigenvalue weighted by molar-refractivity contribution is 5.82. The fourth-order valence-corrected chi connectivity index (χ4v) is 2.95. The van der Waals surface area contributed by atoms with Crippen LogP contribution in [-0.4, -0.2) is 21.4 Å². The van der Waals surface area contributed by atoms with Crippen LogP contribution in [0.25, 0.3) is 22.5 Å². The molecule has 0 spiro atoms. The Hall–Kier alpha value is -2.72. The third-order valence-corrected chi connectivity index (χ3v) is 4.23. The molecule has 2 aromatic carbocycles. The number of benzene rings is 2. The van der Waals surface area contributed by atoms with Gasteiger partial charge in [-0.2, -0.15) is 0 Å². The molecule has 1 aromatic heterocycles. The lowest BCUT2D eigenvalue weighted by molar-refractivity contribution is -0.0196. The minimum atomic E-state index is -0.836. The molecule has 0 bridgehead atoms. The van der Waals surface area contributed by atoms with Gasteiger partial charge in [-0.05, 0) is 23.1 Å². The Balaban J connectivity index is 2.05. The zero-order valence-electron chi connectivity index (χ0n) is 15.2. The lowest BCUT2D eigenvalue weighted by Crippen LogP contribution is -2.13. The maximum atomic E-state index is 9.63. The van der Waals surface area contributed by atoms with E-state index >= 15 is 0 Å². The highest BCUT2D eigenvalue weighted by Gasteiger charge is 2.15. The van der Waals surface area contributed by atoms with Crippen molar-refractivity contribution in [3.05, 3.63) is 66.5 Å². The third kappa shape index (κ3) is 4.09.